The van der Waals surface area contributed by atoms with Gasteiger partial charge in [-0.3, -0.25) is 0 Å². The van der Waals surface area contributed by atoms with Crippen LogP contribution in [0.15, 0.2) is 401 Å². The molecule has 3 heterocycles. The van der Waals surface area contributed by atoms with Gasteiger partial charge in [0, 0.05) is 32.3 Å². The van der Waals surface area contributed by atoms with Crippen LogP contribution in [0.25, 0.3) is 262 Å². The van der Waals surface area contributed by atoms with Crippen molar-refractivity contribution in [3.63, 3.8) is 0 Å². The molecule has 0 N–H and O–H groups in total. The van der Waals surface area contributed by atoms with E-state index in [4.69, 9.17) is 13.3 Å². The van der Waals surface area contributed by atoms with Gasteiger partial charge < -0.3 is 13.3 Å². The summed E-state index contributed by atoms with van der Waals surface area (Å²) in [5.41, 5.74) is 28.8. The first-order valence-electron chi connectivity index (χ1n) is 51.6. The summed E-state index contributed by atoms with van der Waals surface area (Å²) < 4.78 is 18.8. The van der Waals surface area contributed by atoms with Crippen molar-refractivity contribution in [2.75, 3.05) is 0 Å². The maximum absolute atomic E-state index is 6.30. The smallest absolute Gasteiger partial charge is 0.135 e. The molecule has 0 aliphatic carbocycles. The molecule has 24 aromatic carbocycles. The molecule has 0 unspecified atom stereocenters. The molecule has 0 fully saturated rings. The van der Waals surface area contributed by atoms with Gasteiger partial charge in [0.05, 0.1) is 0 Å². The van der Waals surface area contributed by atoms with Gasteiger partial charge in [-0.1, -0.05) is 410 Å². The predicted molar refractivity (Wildman–Crippen MR) is 627 cm³/mol. The van der Waals surface area contributed by atoms with Crippen molar-refractivity contribution >= 4 is 195 Å². The molecular weight excluding hydrogens is 1750 g/mol. The number of hydrogen-bond acceptors (Lipinski definition) is 3. The maximum atomic E-state index is 6.30. The van der Waals surface area contributed by atoms with Gasteiger partial charge in [-0.2, -0.15) is 0 Å². The highest BCUT2D eigenvalue weighted by Crippen LogP contribution is 2.55. The van der Waals surface area contributed by atoms with E-state index in [1.165, 1.54) is 229 Å². The third kappa shape index (κ3) is 15.3. The molecule has 0 saturated heterocycles. The second-order valence-corrected chi connectivity index (χ2v) is 47.0. The molecule has 0 bridgehead atoms. The number of para-hydroxylation sites is 3. The van der Waals surface area contributed by atoms with Gasteiger partial charge in [-0.15, -0.1) is 0 Å². The van der Waals surface area contributed by atoms with E-state index in [9.17, 15) is 0 Å². The molecule has 3 aromatic heterocycles. The Bertz CT molecular complexity index is 10100. The van der Waals surface area contributed by atoms with Crippen LogP contribution in [0.5, 0.6) is 0 Å². The van der Waals surface area contributed by atoms with Crippen LogP contribution in [0.2, 0.25) is 0 Å². The van der Waals surface area contributed by atoms with Crippen molar-refractivity contribution in [3.8, 4) is 66.8 Å². The average molecular weight is 1870 g/mol. The fourth-order valence-electron chi connectivity index (χ4n) is 23.5. The van der Waals surface area contributed by atoms with Gasteiger partial charge in [-0.05, 0) is 365 Å². The van der Waals surface area contributed by atoms with Crippen LogP contribution < -0.4 is 0 Å². The lowest BCUT2D eigenvalue weighted by Crippen LogP contribution is -2.11. The number of fused-ring (bicyclic) bond motifs is 19. The molecule has 0 aliphatic rings. The van der Waals surface area contributed by atoms with Crippen LogP contribution in [0.4, 0.5) is 0 Å². The molecule has 3 nitrogen and oxygen atoms in total. The molecular formula is C142H118O3. The van der Waals surface area contributed by atoms with Crippen molar-refractivity contribution in [3.05, 3.63) is 422 Å². The Hall–Kier alpha value is -15.9. The van der Waals surface area contributed by atoms with Crippen LogP contribution in [-0.2, 0) is 32.5 Å². The third-order valence-corrected chi connectivity index (χ3v) is 31.4. The monoisotopic (exact) mass is 1870 g/mol. The minimum atomic E-state index is -0.00600. The highest BCUT2D eigenvalue weighted by Gasteiger charge is 2.31. The lowest BCUT2D eigenvalue weighted by atomic mass is 9.78. The minimum Gasteiger partial charge on any atom is -0.456 e. The Labute approximate surface area is 847 Å². The van der Waals surface area contributed by atoms with E-state index in [0.29, 0.717) is 0 Å². The van der Waals surface area contributed by atoms with E-state index in [2.05, 4.69) is 495 Å². The predicted octanol–water partition coefficient (Wildman–Crippen LogP) is 41.8. The van der Waals surface area contributed by atoms with Crippen LogP contribution in [0.3, 0.4) is 0 Å². The molecule has 0 radical (unpaired) electrons. The van der Waals surface area contributed by atoms with Crippen LogP contribution in [-0.4, -0.2) is 0 Å². The SMILES string of the molecule is CC(C)(C)c1ccc2c(-c3cc4ccccc4c4ccccc34)c3cc(C(C)(C)C)ccc3c(-c3ccc4oc5ccccc5c4c3)c2c1.CC(C)(C)c1ccc2c(-c3ccc4ccc5cccc6ccc3c4c56)c3cc(C(C)(C)C)ccc3c(-c3ccc4oc5ccccc5c4c3)c2c1.CC(C)(C)c1ccc2c(-c3ccc4oc5ccccc5c4c3)c3cc(C(C)(C)C)ccc3c(-c3ccc4ccccc4c3)c2c1. The second kappa shape index (κ2) is 33.3. The minimum absolute atomic E-state index is 0.00294. The van der Waals surface area contributed by atoms with Gasteiger partial charge in [0.25, 0.3) is 0 Å². The Kier molecular flexibility index (Phi) is 20.8. The largest absolute Gasteiger partial charge is 0.456 e. The van der Waals surface area contributed by atoms with Gasteiger partial charge >= 0.3 is 0 Å². The average Bonchev–Trinajstić information content (AvgIpc) is 1.71. The molecule has 27 rings (SSSR count). The van der Waals surface area contributed by atoms with E-state index < -0.39 is 0 Å². The molecule has 0 aliphatic heterocycles. The first-order valence-corrected chi connectivity index (χ1v) is 51.6. The quantitative estimate of drug-likeness (QED) is 0.123. The van der Waals surface area contributed by atoms with Crippen LogP contribution in [0, 0.1) is 0 Å². The third-order valence-electron chi connectivity index (χ3n) is 31.4. The summed E-state index contributed by atoms with van der Waals surface area (Å²) in [5.74, 6) is 0. The summed E-state index contributed by atoms with van der Waals surface area (Å²) in [6.07, 6.45) is 0. The Morgan fingerprint density at radius 1 is 0.131 bits per heavy atom. The summed E-state index contributed by atoms with van der Waals surface area (Å²) in [5, 5.41) is 37.8. The fourth-order valence-corrected chi connectivity index (χ4v) is 23.5. The number of rotatable bonds is 6. The standard InChI is InChI=1S/C50H40O.C48H40O.C44H38O/c1-49(2,3)33-20-24-39-41(27-33)46(32-18-25-44-40(26-32)35-12-7-8-13-43(35)51-44)38-23-19-34(50(4,5)6)28-42(38)48(39)37-22-17-31-15-14-29-10-9-11-30-16-21-36(37)47(31)45(29)30;1-47(2,3)31-21-23-38-41(27-31)45(30-19-24-44-39(26-30)36-17-11-12-18-43(36)49-44)37-22-20-32(48(4,5)6)28-42(37)46(38)40-25-29-13-7-8-14-33(29)34-15-9-10-16-35(34)40;1-43(2,3)31-19-21-35-37(25-31)41(29-16-15-27-11-7-8-12-28(27)23-29)34-20-18-32(44(4,5)6)26-38(34)42(35)30-17-22-40-36(24-30)33-13-9-10-14-39(33)45-40/h7-28H,1-6H3;7-28H,1-6H3;7-26H,1-6H3. The summed E-state index contributed by atoms with van der Waals surface area (Å²) in [4.78, 5) is 0. The van der Waals surface area contributed by atoms with Crippen molar-refractivity contribution in [1.29, 1.82) is 0 Å². The molecule has 145 heavy (non-hydrogen) atoms. The molecule has 3 heteroatoms. The van der Waals surface area contributed by atoms with E-state index in [1.807, 2.05) is 18.2 Å². The van der Waals surface area contributed by atoms with Crippen molar-refractivity contribution in [2.45, 2.75) is 157 Å². The zero-order chi connectivity index (χ0) is 99.6. The lowest BCUT2D eigenvalue weighted by Gasteiger charge is -2.25. The zero-order valence-corrected chi connectivity index (χ0v) is 86.2. The molecule has 704 valence electrons. The van der Waals surface area contributed by atoms with Crippen molar-refractivity contribution in [2.24, 2.45) is 0 Å². The molecule has 0 saturated carbocycles. The zero-order valence-electron chi connectivity index (χ0n) is 86.2. The Morgan fingerprint density at radius 2 is 0.393 bits per heavy atom. The van der Waals surface area contributed by atoms with E-state index >= 15 is 0 Å². The van der Waals surface area contributed by atoms with E-state index in [-0.39, 0.29) is 32.5 Å². The van der Waals surface area contributed by atoms with Gasteiger partial charge in [-0.25, -0.2) is 0 Å². The van der Waals surface area contributed by atoms with Crippen LogP contribution >= 0.6 is 0 Å². The lowest BCUT2D eigenvalue weighted by molar-refractivity contribution is 0.590. The number of hydrogen-bond donors (Lipinski definition) is 0. The normalized spacial score (nSPS) is 12.8. The van der Waals surface area contributed by atoms with Crippen LogP contribution in [0.1, 0.15) is 158 Å². The van der Waals surface area contributed by atoms with Gasteiger partial charge in [0.2, 0.25) is 0 Å². The van der Waals surface area contributed by atoms with E-state index in [1.54, 1.807) is 0 Å². The summed E-state index contributed by atoms with van der Waals surface area (Å²) in [6, 6.07) is 145. The van der Waals surface area contributed by atoms with Gasteiger partial charge in [0.15, 0.2) is 0 Å². The topological polar surface area (TPSA) is 39.4 Å². The van der Waals surface area contributed by atoms with Gasteiger partial charge in [0.1, 0.15) is 33.5 Å². The first-order chi connectivity index (χ1) is 69.7. The molecule has 0 amide bonds. The molecule has 0 atom stereocenters. The Balaban J connectivity index is 0.000000114. The van der Waals surface area contributed by atoms with Crippen molar-refractivity contribution < 1.29 is 13.3 Å². The molecule has 0 spiro atoms. The fraction of sp³-hybridized carbons (Fsp3) is 0.169. The molecule has 27 aromatic rings. The highest BCUT2D eigenvalue weighted by atomic mass is 16.3. The number of furan rings is 3. The highest BCUT2D eigenvalue weighted by molar-refractivity contribution is 6.32. The maximum Gasteiger partial charge on any atom is 0.135 e. The first kappa shape index (κ1) is 90.3. The summed E-state index contributed by atoms with van der Waals surface area (Å²) >= 11 is 0. The van der Waals surface area contributed by atoms with E-state index in [0.717, 1.165) is 65.8 Å². The Morgan fingerprint density at radius 3 is 0.779 bits per heavy atom. The summed E-state index contributed by atoms with van der Waals surface area (Å²) in [7, 11) is 0. The summed E-state index contributed by atoms with van der Waals surface area (Å²) in [6.45, 7) is 41.6. The van der Waals surface area contributed by atoms with Crippen molar-refractivity contribution in [1.82, 2.24) is 0 Å². The second-order valence-electron chi connectivity index (χ2n) is 47.0. The number of benzene rings is 24.